The van der Waals surface area contributed by atoms with Crippen LogP contribution in [0.5, 0.6) is 0 Å². The highest BCUT2D eigenvalue weighted by molar-refractivity contribution is 7.26. The number of fused-ring (bicyclic) bond motifs is 8. The van der Waals surface area contributed by atoms with Gasteiger partial charge in [-0.25, -0.2) is 0 Å². The highest BCUT2D eigenvalue weighted by atomic mass is 32.1. The van der Waals surface area contributed by atoms with Gasteiger partial charge in [0.25, 0.3) is 0 Å². The number of thiophene rings is 1. The number of hydrogen-bond donors (Lipinski definition) is 0. The molecule has 0 N–H and O–H groups in total. The maximum absolute atomic E-state index is 2.38. The topological polar surface area (TPSA) is 8.17 Å². The third-order valence-corrected chi connectivity index (χ3v) is 9.68. The van der Waals surface area contributed by atoms with Gasteiger partial charge in [0.05, 0.1) is 11.0 Å². The van der Waals surface area contributed by atoms with Crippen molar-refractivity contribution < 1.29 is 0 Å². The second-order valence-electron chi connectivity index (χ2n) is 11.0. The highest BCUT2D eigenvalue weighted by Gasteiger charge is 2.18. The molecule has 0 unspecified atom stereocenters. The molecule has 2 heterocycles. The van der Waals surface area contributed by atoms with Crippen molar-refractivity contribution in [2.24, 2.45) is 0 Å². The van der Waals surface area contributed by atoms with Gasteiger partial charge in [-0.3, -0.25) is 0 Å². The summed E-state index contributed by atoms with van der Waals surface area (Å²) in [7, 11) is 0. The molecule has 0 aliphatic rings. The van der Waals surface area contributed by atoms with Gasteiger partial charge in [0, 0.05) is 53.7 Å². The summed E-state index contributed by atoms with van der Waals surface area (Å²) in [5.74, 6) is 0. The minimum Gasteiger partial charge on any atom is -0.310 e. The van der Waals surface area contributed by atoms with Crippen LogP contribution in [0.4, 0.5) is 17.1 Å². The first-order valence-corrected chi connectivity index (χ1v) is 15.4. The molecule has 0 atom stereocenters. The molecule has 9 rings (SSSR count). The third kappa shape index (κ3) is 3.79. The van der Waals surface area contributed by atoms with Crippen molar-refractivity contribution in [1.29, 1.82) is 0 Å². The first-order valence-electron chi connectivity index (χ1n) is 14.6. The maximum Gasteiger partial charge on any atom is 0.0542 e. The quantitative estimate of drug-likeness (QED) is 0.206. The lowest BCUT2D eigenvalue weighted by molar-refractivity contribution is 1.18. The van der Waals surface area contributed by atoms with Crippen LogP contribution in [0.15, 0.2) is 158 Å². The Morgan fingerprint density at radius 2 is 1.09 bits per heavy atom. The van der Waals surface area contributed by atoms with Crippen molar-refractivity contribution in [3.63, 3.8) is 0 Å². The van der Waals surface area contributed by atoms with Crippen LogP contribution in [0.1, 0.15) is 0 Å². The summed E-state index contributed by atoms with van der Waals surface area (Å²) in [4.78, 5) is 2.38. The Balaban J connectivity index is 1.27. The molecule has 0 radical (unpaired) electrons. The van der Waals surface area contributed by atoms with Crippen LogP contribution >= 0.6 is 11.3 Å². The largest absolute Gasteiger partial charge is 0.310 e. The molecule has 0 bridgehead atoms. The smallest absolute Gasteiger partial charge is 0.0542 e. The fourth-order valence-electron chi connectivity index (χ4n) is 6.66. The minimum atomic E-state index is 1.13. The van der Waals surface area contributed by atoms with E-state index < -0.39 is 0 Å². The standard InChI is InChI=1S/C40H26N2S/c1-3-11-28(12-4-1)41(30-20-22-32-27(25-30)19-24-39-40(32)34-16-8-10-18-38(34)43-39)31-21-23-37-35(26-31)33-15-7-9-17-36(33)42(37)29-13-5-2-6-14-29/h1-26H. The summed E-state index contributed by atoms with van der Waals surface area (Å²) in [6.45, 7) is 0. The second-order valence-corrected chi connectivity index (χ2v) is 12.1. The highest BCUT2D eigenvalue weighted by Crippen LogP contribution is 2.43. The zero-order chi connectivity index (χ0) is 28.3. The molecule has 7 aromatic carbocycles. The summed E-state index contributed by atoms with van der Waals surface area (Å²) in [5.41, 5.74) is 7.00. The predicted octanol–water partition coefficient (Wildman–Crippen LogP) is 11.8. The summed E-state index contributed by atoms with van der Waals surface area (Å²) in [5, 5.41) is 7.72. The van der Waals surface area contributed by atoms with Crippen molar-refractivity contribution in [1.82, 2.24) is 4.57 Å². The predicted molar refractivity (Wildman–Crippen MR) is 186 cm³/mol. The van der Waals surface area contributed by atoms with E-state index in [1.807, 2.05) is 11.3 Å². The number of aromatic nitrogens is 1. The fraction of sp³-hybridized carbons (Fsp3) is 0. The second kappa shape index (κ2) is 9.59. The van der Waals surface area contributed by atoms with E-state index in [4.69, 9.17) is 0 Å². The Kier molecular flexibility index (Phi) is 5.40. The molecule has 202 valence electrons. The minimum absolute atomic E-state index is 1.13. The fourth-order valence-corrected chi connectivity index (χ4v) is 7.78. The van der Waals surface area contributed by atoms with E-state index in [-0.39, 0.29) is 0 Å². The van der Waals surface area contributed by atoms with Gasteiger partial charge in [0.15, 0.2) is 0 Å². The first-order chi connectivity index (χ1) is 21.3. The molecule has 9 aromatic rings. The van der Waals surface area contributed by atoms with E-state index in [0.717, 1.165) is 17.1 Å². The molecular formula is C40H26N2S. The molecule has 2 aromatic heterocycles. The summed E-state index contributed by atoms with van der Waals surface area (Å²) >= 11 is 1.87. The van der Waals surface area contributed by atoms with Gasteiger partial charge in [-0.2, -0.15) is 0 Å². The zero-order valence-corrected chi connectivity index (χ0v) is 24.1. The van der Waals surface area contributed by atoms with Gasteiger partial charge in [-0.1, -0.05) is 84.9 Å². The van der Waals surface area contributed by atoms with E-state index in [0.29, 0.717) is 0 Å². The van der Waals surface area contributed by atoms with Crippen molar-refractivity contribution >= 4 is 81.1 Å². The van der Waals surface area contributed by atoms with E-state index in [1.54, 1.807) is 0 Å². The molecule has 43 heavy (non-hydrogen) atoms. The zero-order valence-electron chi connectivity index (χ0n) is 23.3. The van der Waals surface area contributed by atoms with Crippen molar-refractivity contribution in [2.75, 3.05) is 4.90 Å². The number of nitrogens with zero attached hydrogens (tertiary/aromatic N) is 2. The molecule has 2 nitrogen and oxygen atoms in total. The maximum atomic E-state index is 2.38. The Bertz CT molecular complexity index is 2450. The number of anilines is 3. The van der Waals surface area contributed by atoms with Crippen LogP contribution in [0.3, 0.4) is 0 Å². The molecule has 0 aliphatic heterocycles. The normalized spacial score (nSPS) is 11.7. The average Bonchev–Trinajstić information content (AvgIpc) is 3.62. The van der Waals surface area contributed by atoms with Gasteiger partial charge in [-0.15, -0.1) is 11.3 Å². The molecule has 0 spiro atoms. The van der Waals surface area contributed by atoms with Crippen LogP contribution in [0.2, 0.25) is 0 Å². The van der Waals surface area contributed by atoms with Gasteiger partial charge in [0.1, 0.15) is 0 Å². The lowest BCUT2D eigenvalue weighted by Crippen LogP contribution is -2.09. The summed E-state index contributed by atoms with van der Waals surface area (Å²) in [6.07, 6.45) is 0. The Morgan fingerprint density at radius 1 is 0.419 bits per heavy atom. The lowest BCUT2D eigenvalue weighted by Gasteiger charge is -2.26. The van der Waals surface area contributed by atoms with Gasteiger partial charge in [-0.05, 0) is 83.6 Å². The summed E-state index contributed by atoms with van der Waals surface area (Å²) in [6, 6.07) is 57.2. The van der Waals surface area contributed by atoms with Gasteiger partial charge in [0.2, 0.25) is 0 Å². The number of hydrogen-bond acceptors (Lipinski definition) is 2. The van der Waals surface area contributed by atoms with E-state index in [9.17, 15) is 0 Å². The molecule has 0 saturated carbocycles. The number of rotatable bonds is 4. The molecule has 0 saturated heterocycles. The average molecular weight is 567 g/mol. The van der Waals surface area contributed by atoms with E-state index in [1.165, 1.54) is 58.4 Å². The van der Waals surface area contributed by atoms with Gasteiger partial charge < -0.3 is 9.47 Å². The van der Waals surface area contributed by atoms with Crippen molar-refractivity contribution in [3.05, 3.63) is 158 Å². The van der Waals surface area contributed by atoms with Crippen LogP contribution in [0, 0.1) is 0 Å². The van der Waals surface area contributed by atoms with Crippen molar-refractivity contribution in [3.8, 4) is 5.69 Å². The van der Waals surface area contributed by atoms with Gasteiger partial charge >= 0.3 is 0 Å². The van der Waals surface area contributed by atoms with E-state index in [2.05, 4.69) is 167 Å². The Labute approximate surface area is 253 Å². The third-order valence-electron chi connectivity index (χ3n) is 8.54. The molecule has 0 fully saturated rings. The number of benzene rings is 7. The molecule has 3 heteroatoms. The Morgan fingerprint density at radius 3 is 1.95 bits per heavy atom. The summed E-state index contributed by atoms with van der Waals surface area (Å²) < 4.78 is 5.04. The van der Waals surface area contributed by atoms with Crippen molar-refractivity contribution in [2.45, 2.75) is 0 Å². The number of para-hydroxylation sites is 3. The lowest BCUT2D eigenvalue weighted by atomic mass is 10.0. The van der Waals surface area contributed by atoms with Crippen LogP contribution in [-0.4, -0.2) is 4.57 Å². The SMILES string of the molecule is c1ccc(N(c2ccc3c(ccc4sc5ccccc5c43)c2)c2ccc3c(c2)c2ccccc2n3-c2ccccc2)cc1. The first kappa shape index (κ1) is 24.2. The molecular weight excluding hydrogens is 541 g/mol. The Hall–Kier alpha value is -5.38. The molecule has 0 amide bonds. The molecule has 0 aliphatic carbocycles. The van der Waals surface area contributed by atoms with Crippen LogP contribution < -0.4 is 4.90 Å². The van der Waals surface area contributed by atoms with E-state index >= 15 is 0 Å². The van der Waals surface area contributed by atoms with Crippen LogP contribution in [0.25, 0.3) is 58.4 Å². The monoisotopic (exact) mass is 566 g/mol. The van der Waals surface area contributed by atoms with Crippen LogP contribution in [-0.2, 0) is 0 Å².